The molecule has 0 bridgehead atoms. The van der Waals surface area contributed by atoms with Gasteiger partial charge in [0.1, 0.15) is 0 Å². The van der Waals surface area contributed by atoms with E-state index in [9.17, 15) is 0 Å². The zero-order chi connectivity index (χ0) is 27.4. The molecule has 3 aliphatic carbocycles. The monoisotopic (exact) mass is 669 g/mol. The maximum absolute atomic E-state index is 9.11. The fourth-order valence-electron chi connectivity index (χ4n) is 6.95. The predicted octanol–water partition coefficient (Wildman–Crippen LogP) is 6.03. The summed E-state index contributed by atoms with van der Waals surface area (Å²) in [5.41, 5.74) is 4.71. The van der Waals surface area contributed by atoms with Gasteiger partial charge in [-0.3, -0.25) is 0 Å². The second kappa shape index (κ2) is 17.1. The molecule has 5 nitrogen and oxygen atoms in total. The van der Waals surface area contributed by atoms with Crippen molar-refractivity contribution in [3.05, 3.63) is 48.9 Å². The summed E-state index contributed by atoms with van der Waals surface area (Å²) < 4.78 is 0. The van der Waals surface area contributed by atoms with Gasteiger partial charge >= 0.3 is 35.8 Å². The summed E-state index contributed by atoms with van der Waals surface area (Å²) in [5, 5.41) is 0.194. The SMILES string of the molecule is C1CCC([PH+](C2CCCCC2)C2CCCCC2)CC1.CN1C=CN(Cc2ccc([Si](O)(O)O)cc2)[CH-]1.[Cl][Ru+]. The van der Waals surface area contributed by atoms with Crippen molar-refractivity contribution in [3.8, 4) is 0 Å². The van der Waals surface area contributed by atoms with Gasteiger partial charge in [0.15, 0.2) is 0 Å². The number of rotatable bonds is 6. The molecule has 9 heteroatoms. The van der Waals surface area contributed by atoms with E-state index in [4.69, 9.17) is 14.4 Å². The van der Waals surface area contributed by atoms with Crippen LogP contribution in [0.1, 0.15) is 102 Å². The van der Waals surface area contributed by atoms with E-state index < -0.39 is 8.80 Å². The zero-order valence-corrected chi connectivity index (χ0v) is 27.5. The summed E-state index contributed by atoms with van der Waals surface area (Å²) in [5.74, 6) is 0. The van der Waals surface area contributed by atoms with E-state index in [-0.39, 0.29) is 13.1 Å². The Balaban J connectivity index is 0.000000199. The van der Waals surface area contributed by atoms with Crippen molar-refractivity contribution in [1.29, 1.82) is 0 Å². The molecule has 38 heavy (non-hydrogen) atoms. The van der Waals surface area contributed by atoms with E-state index in [0.29, 0.717) is 6.54 Å². The second-order valence-electron chi connectivity index (χ2n) is 11.6. The average Bonchev–Trinajstić information content (AvgIpc) is 3.36. The predicted molar refractivity (Wildman–Crippen MR) is 160 cm³/mol. The average molecular weight is 669 g/mol. The van der Waals surface area contributed by atoms with E-state index in [1.54, 1.807) is 121 Å². The molecule has 216 valence electrons. The fraction of sp³-hybridized carbons (Fsp3) is 0.690. The van der Waals surface area contributed by atoms with Gasteiger partial charge in [-0.15, -0.1) is 0 Å². The van der Waals surface area contributed by atoms with E-state index in [2.05, 4.69) is 9.69 Å². The molecular formula is C29H49ClN2O3PRuSi+. The molecule has 1 aliphatic heterocycles. The Labute approximate surface area is 247 Å². The van der Waals surface area contributed by atoms with Gasteiger partial charge in [0.05, 0.1) is 17.0 Å². The first-order valence-corrected chi connectivity index (χ1v) is 20.5. The molecule has 0 radical (unpaired) electrons. The van der Waals surface area contributed by atoms with Crippen LogP contribution in [-0.4, -0.2) is 57.0 Å². The first-order valence-electron chi connectivity index (χ1n) is 14.7. The van der Waals surface area contributed by atoms with Gasteiger partial charge in [-0.05, 0) is 102 Å². The Hall–Kier alpha value is 0.000260. The van der Waals surface area contributed by atoms with Crippen LogP contribution in [-0.2, 0) is 23.9 Å². The quantitative estimate of drug-likeness (QED) is 0.196. The molecule has 1 heterocycles. The van der Waals surface area contributed by atoms with Crippen molar-refractivity contribution in [2.45, 2.75) is 120 Å². The van der Waals surface area contributed by atoms with Crippen molar-refractivity contribution in [3.63, 3.8) is 0 Å². The summed E-state index contributed by atoms with van der Waals surface area (Å²) in [7, 11) is 2.31. The zero-order valence-electron chi connectivity index (χ0n) is 23.1. The van der Waals surface area contributed by atoms with Crippen LogP contribution in [0.5, 0.6) is 0 Å². The number of hydrogen-bond donors (Lipinski definition) is 3. The van der Waals surface area contributed by atoms with Crippen LogP contribution in [0.15, 0.2) is 36.7 Å². The van der Waals surface area contributed by atoms with Gasteiger partial charge in [-0.1, -0.05) is 43.5 Å². The normalized spacial score (nSPS) is 21.7. The van der Waals surface area contributed by atoms with Gasteiger partial charge < -0.3 is 24.2 Å². The first-order chi connectivity index (χ1) is 18.4. The van der Waals surface area contributed by atoms with Gasteiger partial charge in [0, 0.05) is 19.7 Å². The Morgan fingerprint density at radius 3 is 1.53 bits per heavy atom. The molecule has 0 amide bonds. The van der Waals surface area contributed by atoms with Crippen LogP contribution < -0.4 is 5.19 Å². The molecule has 0 atom stereocenters. The summed E-state index contributed by atoms with van der Waals surface area (Å²) in [4.78, 5) is 31.3. The minimum atomic E-state index is -4.16. The van der Waals surface area contributed by atoms with Crippen LogP contribution in [0, 0.1) is 6.67 Å². The van der Waals surface area contributed by atoms with Gasteiger partial charge in [0.25, 0.3) is 0 Å². The van der Waals surface area contributed by atoms with Crippen molar-refractivity contribution in [1.82, 2.24) is 9.80 Å². The molecule has 4 aliphatic rings. The van der Waals surface area contributed by atoms with Crippen LogP contribution in [0.3, 0.4) is 0 Å². The summed E-state index contributed by atoms with van der Waals surface area (Å²) in [6.07, 6.45) is 27.7. The summed E-state index contributed by atoms with van der Waals surface area (Å²) in [6.45, 7) is 2.66. The van der Waals surface area contributed by atoms with Crippen LogP contribution in [0.2, 0.25) is 0 Å². The van der Waals surface area contributed by atoms with Crippen molar-refractivity contribution in [2.24, 2.45) is 0 Å². The molecule has 3 saturated carbocycles. The fourth-order valence-corrected chi connectivity index (χ4v) is 12.8. The summed E-state index contributed by atoms with van der Waals surface area (Å²) in [6, 6.07) is 6.65. The van der Waals surface area contributed by atoms with Crippen molar-refractivity contribution in [2.75, 3.05) is 7.05 Å². The molecule has 0 aromatic heterocycles. The maximum atomic E-state index is 9.11. The molecule has 1 aromatic rings. The molecule has 3 N–H and O–H groups in total. The van der Waals surface area contributed by atoms with Crippen LogP contribution in [0.25, 0.3) is 0 Å². The third-order valence-electron chi connectivity index (χ3n) is 8.76. The molecule has 1 aromatic carbocycles. The van der Waals surface area contributed by atoms with E-state index in [1.807, 2.05) is 53.2 Å². The van der Waals surface area contributed by atoms with E-state index >= 15 is 0 Å². The number of hydrogen-bond acceptors (Lipinski definition) is 5. The molecule has 0 unspecified atom stereocenters. The van der Waals surface area contributed by atoms with Gasteiger partial charge in [-0.2, -0.15) is 6.67 Å². The summed E-state index contributed by atoms with van der Waals surface area (Å²) >= 11 is 1.82. The Morgan fingerprint density at radius 2 is 1.18 bits per heavy atom. The number of halogens is 1. The van der Waals surface area contributed by atoms with Crippen LogP contribution in [0.4, 0.5) is 0 Å². The Kier molecular flexibility index (Phi) is 14.6. The molecule has 0 spiro atoms. The number of nitrogens with zero attached hydrogens (tertiary/aromatic N) is 2. The van der Waals surface area contributed by atoms with Gasteiger partial charge in [0.2, 0.25) is 0 Å². The van der Waals surface area contributed by atoms with E-state index in [0.717, 1.165) is 5.56 Å². The third-order valence-corrected chi connectivity index (χ3v) is 14.4. The molecular weight excluding hydrogens is 620 g/mol. The molecule has 5 rings (SSSR count). The number of benzene rings is 1. The third kappa shape index (κ3) is 10.4. The first kappa shape index (κ1) is 32.5. The molecule has 0 saturated heterocycles. The van der Waals surface area contributed by atoms with Crippen LogP contribution >= 0.6 is 17.6 Å². The van der Waals surface area contributed by atoms with Crippen molar-refractivity contribution < 1.29 is 31.7 Å². The Bertz CT molecular complexity index is 768. The minimum absolute atomic E-state index is 0.0465. The van der Waals surface area contributed by atoms with Crippen molar-refractivity contribution >= 4 is 31.6 Å². The second-order valence-corrected chi connectivity index (χ2v) is 16.9. The van der Waals surface area contributed by atoms with E-state index in [1.165, 1.54) is 17.0 Å². The Morgan fingerprint density at radius 1 is 0.763 bits per heavy atom. The molecule has 3 fully saturated rings. The standard InChI is InChI=1S/C18H33P.C11H15N2O3Si.ClH.Ru/c1-4-10-16(11-5-1)19(17-12-6-2-7-13-17)18-14-8-3-9-15-18;1-12-6-7-13(9-12)8-10-2-4-11(5-3-10)17(14,15)16;;/h16-18H,1-15H2;2-7,9,14-16H,8H2,1H3;1H;/q;-1;;+2. The van der Waals surface area contributed by atoms with Gasteiger partial charge in [-0.25, -0.2) is 0 Å². The topological polar surface area (TPSA) is 67.2 Å².